The van der Waals surface area contributed by atoms with Crippen LogP contribution in [0.15, 0.2) is 23.8 Å². The Morgan fingerprint density at radius 3 is 2.65 bits per heavy atom. The lowest BCUT2D eigenvalue weighted by Gasteiger charge is -2.57. The first kappa shape index (κ1) is 22.8. The third-order valence-electron chi connectivity index (χ3n) is 10.2. The highest BCUT2D eigenvalue weighted by Gasteiger charge is 2.58. The van der Waals surface area contributed by atoms with Crippen LogP contribution in [0.3, 0.4) is 0 Å². The van der Waals surface area contributed by atoms with Crippen molar-refractivity contribution in [2.75, 3.05) is 7.11 Å². The van der Waals surface area contributed by atoms with Crippen molar-refractivity contribution < 1.29 is 14.3 Å². The topological polar surface area (TPSA) is 43.4 Å². The number of rotatable bonds is 6. The Hall–Kier alpha value is -1.38. The summed E-state index contributed by atoms with van der Waals surface area (Å²) in [5.41, 5.74) is 1.96. The van der Waals surface area contributed by atoms with Crippen molar-refractivity contribution in [3.8, 4) is 0 Å². The second-order valence-electron chi connectivity index (χ2n) is 11.7. The number of hydrogen-bond donors (Lipinski definition) is 0. The fourth-order valence-corrected chi connectivity index (χ4v) is 8.44. The van der Waals surface area contributed by atoms with E-state index in [1.807, 2.05) is 19.1 Å². The van der Waals surface area contributed by atoms with E-state index in [4.69, 9.17) is 4.74 Å². The summed E-state index contributed by atoms with van der Waals surface area (Å²) in [5.74, 6) is 3.98. The number of ketones is 1. The minimum Gasteiger partial charge on any atom is -0.469 e. The number of ether oxygens (including phenoxy) is 1. The molecule has 0 radical (unpaired) electrons. The van der Waals surface area contributed by atoms with Gasteiger partial charge in [-0.1, -0.05) is 52.2 Å². The Bertz CT molecular complexity index is 779. The molecular formula is C28H42O3. The molecule has 3 nitrogen and oxygen atoms in total. The smallest absolute Gasteiger partial charge is 0.308 e. The second kappa shape index (κ2) is 8.52. The van der Waals surface area contributed by atoms with Crippen LogP contribution >= 0.6 is 0 Å². The van der Waals surface area contributed by atoms with Crippen LogP contribution in [0.25, 0.3) is 0 Å². The summed E-state index contributed by atoms with van der Waals surface area (Å²) < 4.78 is 4.89. The highest BCUT2D eigenvalue weighted by molar-refractivity contribution is 6.01. The van der Waals surface area contributed by atoms with E-state index in [2.05, 4.69) is 26.8 Å². The Labute approximate surface area is 189 Å². The molecule has 8 atom stereocenters. The van der Waals surface area contributed by atoms with Crippen LogP contribution in [0.2, 0.25) is 0 Å². The normalized spacial score (nSPS) is 40.9. The highest BCUT2D eigenvalue weighted by atomic mass is 16.5. The molecule has 0 saturated heterocycles. The van der Waals surface area contributed by atoms with E-state index in [0.29, 0.717) is 11.3 Å². The van der Waals surface area contributed by atoms with Gasteiger partial charge in [0.05, 0.1) is 13.0 Å². The minimum atomic E-state index is -0.0726. The van der Waals surface area contributed by atoms with Crippen LogP contribution < -0.4 is 0 Å². The predicted molar refractivity (Wildman–Crippen MR) is 124 cm³/mol. The van der Waals surface area contributed by atoms with Gasteiger partial charge in [0.15, 0.2) is 5.78 Å². The molecule has 4 rings (SSSR count). The number of allylic oxidation sites excluding steroid dienone is 4. The van der Waals surface area contributed by atoms with Crippen LogP contribution in [-0.2, 0) is 14.3 Å². The first-order valence-electron chi connectivity index (χ1n) is 12.7. The maximum atomic E-state index is 12.0. The molecule has 3 fully saturated rings. The molecule has 31 heavy (non-hydrogen) atoms. The van der Waals surface area contributed by atoms with Gasteiger partial charge in [-0.05, 0) is 92.1 Å². The lowest BCUT2D eigenvalue weighted by molar-refractivity contribution is -0.145. The molecule has 0 bridgehead atoms. The fourth-order valence-electron chi connectivity index (χ4n) is 8.44. The van der Waals surface area contributed by atoms with E-state index in [1.165, 1.54) is 51.2 Å². The van der Waals surface area contributed by atoms with Gasteiger partial charge in [0, 0.05) is 5.41 Å². The molecule has 0 spiro atoms. The number of esters is 1. The minimum absolute atomic E-state index is 0.0141. The standard InChI is InChI=1S/C28H42O3/c1-18(7-6-8-19(2)26(30)31-5)23-11-12-24-22-10-9-20-17-21(29)13-15-27(20,3)25(22)14-16-28(23,24)4/h13,15,17-19,22-25H,6-12,14,16H2,1-5H3/t18-,19?,22+,23-,24+,25+,27+,28-/m1/s1. The van der Waals surface area contributed by atoms with Crippen LogP contribution in [-0.4, -0.2) is 18.9 Å². The van der Waals surface area contributed by atoms with Crippen molar-refractivity contribution in [2.24, 2.45) is 46.3 Å². The van der Waals surface area contributed by atoms with E-state index in [9.17, 15) is 9.59 Å². The average molecular weight is 427 g/mol. The van der Waals surface area contributed by atoms with Gasteiger partial charge in [-0.25, -0.2) is 0 Å². The molecule has 0 aromatic rings. The number of carbonyl (C=O) groups is 2. The molecule has 0 N–H and O–H groups in total. The number of hydrogen-bond acceptors (Lipinski definition) is 3. The van der Waals surface area contributed by atoms with E-state index in [1.54, 1.807) is 0 Å². The molecule has 3 heteroatoms. The molecule has 0 aromatic carbocycles. The summed E-state index contributed by atoms with van der Waals surface area (Å²) in [4.78, 5) is 23.7. The maximum absolute atomic E-state index is 12.0. The van der Waals surface area contributed by atoms with Crippen LogP contribution in [0.1, 0.15) is 85.5 Å². The van der Waals surface area contributed by atoms with Crippen molar-refractivity contribution in [3.05, 3.63) is 23.8 Å². The van der Waals surface area contributed by atoms with Gasteiger partial charge in [0.25, 0.3) is 0 Å². The summed E-state index contributed by atoms with van der Waals surface area (Å²) in [7, 11) is 1.49. The van der Waals surface area contributed by atoms with Crippen LogP contribution in [0.5, 0.6) is 0 Å². The monoisotopic (exact) mass is 426 g/mol. The molecule has 1 unspecified atom stereocenters. The highest BCUT2D eigenvalue weighted by Crippen LogP contribution is 2.67. The lowest BCUT2D eigenvalue weighted by atomic mass is 9.47. The van der Waals surface area contributed by atoms with Gasteiger partial charge in [0.2, 0.25) is 0 Å². The summed E-state index contributed by atoms with van der Waals surface area (Å²) in [5, 5.41) is 0. The Balaban J connectivity index is 1.42. The van der Waals surface area contributed by atoms with Gasteiger partial charge in [-0.3, -0.25) is 9.59 Å². The predicted octanol–water partition coefficient (Wildman–Crippen LogP) is 6.53. The molecule has 3 saturated carbocycles. The van der Waals surface area contributed by atoms with E-state index in [0.717, 1.165) is 42.9 Å². The zero-order valence-corrected chi connectivity index (χ0v) is 20.3. The number of methoxy groups -OCH3 is 1. The van der Waals surface area contributed by atoms with Gasteiger partial charge in [-0.15, -0.1) is 0 Å². The van der Waals surface area contributed by atoms with Crippen molar-refractivity contribution in [2.45, 2.75) is 85.5 Å². The second-order valence-corrected chi connectivity index (χ2v) is 11.7. The molecule has 4 aliphatic carbocycles. The Morgan fingerprint density at radius 2 is 1.90 bits per heavy atom. The molecular weight excluding hydrogens is 384 g/mol. The first-order chi connectivity index (χ1) is 14.7. The summed E-state index contributed by atoms with van der Waals surface area (Å²) in [6, 6.07) is 0. The number of carbonyl (C=O) groups excluding carboxylic acids is 2. The molecule has 172 valence electrons. The Kier molecular flexibility index (Phi) is 6.27. The van der Waals surface area contributed by atoms with Gasteiger partial charge in [0.1, 0.15) is 0 Å². The maximum Gasteiger partial charge on any atom is 0.308 e. The van der Waals surface area contributed by atoms with E-state index < -0.39 is 0 Å². The third kappa shape index (κ3) is 3.85. The van der Waals surface area contributed by atoms with Gasteiger partial charge < -0.3 is 4.74 Å². The largest absolute Gasteiger partial charge is 0.469 e. The van der Waals surface area contributed by atoms with E-state index >= 15 is 0 Å². The third-order valence-corrected chi connectivity index (χ3v) is 10.2. The molecule has 0 amide bonds. The molecule has 0 aromatic heterocycles. The average Bonchev–Trinajstić information content (AvgIpc) is 3.10. The molecule has 0 aliphatic heterocycles. The fraction of sp³-hybridized carbons (Fsp3) is 0.786. The lowest BCUT2D eigenvalue weighted by Crippen LogP contribution is -2.50. The van der Waals surface area contributed by atoms with Crippen LogP contribution in [0, 0.1) is 46.3 Å². The van der Waals surface area contributed by atoms with Crippen LogP contribution in [0.4, 0.5) is 0 Å². The Morgan fingerprint density at radius 1 is 1.13 bits per heavy atom. The molecule has 4 aliphatic rings. The van der Waals surface area contributed by atoms with Gasteiger partial charge >= 0.3 is 5.97 Å². The van der Waals surface area contributed by atoms with Gasteiger partial charge in [-0.2, -0.15) is 0 Å². The first-order valence-corrected chi connectivity index (χ1v) is 12.7. The summed E-state index contributed by atoms with van der Waals surface area (Å²) >= 11 is 0. The zero-order valence-electron chi connectivity index (χ0n) is 20.3. The van der Waals surface area contributed by atoms with Crippen molar-refractivity contribution in [1.29, 1.82) is 0 Å². The van der Waals surface area contributed by atoms with E-state index in [-0.39, 0.29) is 23.1 Å². The van der Waals surface area contributed by atoms with Crippen molar-refractivity contribution in [3.63, 3.8) is 0 Å². The zero-order chi connectivity index (χ0) is 22.4. The summed E-state index contributed by atoms with van der Waals surface area (Å²) in [6.45, 7) is 9.46. The molecule has 0 heterocycles. The van der Waals surface area contributed by atoms with Crippen molar-refractivity contribution >= 4 is 11.8 Å². The number of fused-ring (bicyclic) bond motifs is 5. The van der Waals surface area contributed by atoms with Crippen molar-refractivity contribution in [1.82, 2.24) is 0 Å². The SMILES string of the molecule is COC(=O)C(C)CCC[C@@H](C)[C@H]1CC[C@H]2[C@@H]3CCC4=CC(=O)C=C[C@]4(C)[C@H]3CC[C@]12C. The quantitative estimate of drug-likeness (QED) is 0.454. The summed E-state index contributed by atoms with van der Waals surface area (Å²) in [6.07, 6.45) is 17.0.